The Bertz CT molecular complexity index is 899. The van der Waals surface area contributed by atoms with Crippen LogP contribution in [0, 0.1) is 5.82 Å². The zero-order valence-electron chi connectivity index (χ0n) is 16.5. The first-order valence-electron chi connectivity index (χ1n) is 9.16. The Kier molecular flexibility index (Phi) is 8.04. The molecule has 1 N–H and O–H groups in total. The fourth-order valence-electron chi connectivity index (χ4n) is 2.72. The van der Waals surface area contributed by atoms with E-state index >= 15 is 0 Å². The fourth-order valence-corrected chi connectivity index (χ4v) is 2.81. The molecule has 0 bridgehead atoms. The summed E-state index contributed by atoms with van der Waals surface area (Å²) >= 11 is 4.28. The Morgan fingerprint density at radius 2 is 1.93 bits per heavy atom. The molecular formula is C21H24FN3O3S. The number of ketones is 1. The van der Waals surface area contributed by atoms with Gasteiger partial charge in [0.05, 0.1) is 17.5 Å². The molecule has 0 amide bonds. The second-order valence-corrected chi connectivity index (χ2v) is 7.52. The van der Waals surface area contributed by atoms with Crippen molar-refractivity contribution in [3.05, 3.63) is 47.4 Å². The highest BCUT2D eigenvalue weighted by Gasteiger charge is 2.18. The Labute approximate surface area is 175 Å². The van der Waals surface area contributed by atoms with Gasteiger partial charge < -0.3 is 9.90 Å². The van der Waals surface area contributed by atoms with Gasteiger partial charge in [-0.25, -0.2) is 14.4 Å². The molecule has 2 aromatic rings. The van der Waals surface area contributed by atoms with Crippen LogP contribution >= 0.6 is 12.8 Å². The molecule has 0 aliphatic heterocycles. The second kappa shape index (κ2) is 10.3. The molecule has 0 unspecified atom stereocenters. The Morgan fingerprint density at radius 1 is 1.28 bits per heavy atom. The van der Waals surface area contributed by atoms with Gasteiger partial charge in [0, 0.05) is 31.0 Å². The third kappa shape index (κ3) is 6.20. The summed E-state index contributed by atoms with van der Waals surface area (Å²) in [5.74, 6) is -0.301. The summed E-state index contributed by atoms with van der Waals surface area (Å²) in [5, 5.41) is 9.66. The number of aromatic nitrogens is 2. The number of benzene rings is 1. The highest BCUT2D eigenvalue weighted by atomic mass is 32.1. The minimum absolute atomic E-state index is 0.0136. The van der Waals surface area contributed by atoms with Gasteiger partial charge in [-0.05, 0) is 42.3 Å². The molecule has 0 aliphatic rings. The van der Waals surface area contributed by atoms with Crippen molar-refractivity contribution in [2.24, 2.45) is 0 Å². The minimum Gasteiger partial charge on any atom is -0.392 e. The van der Waals surface area contributed by atoms with Gasteiger partial charge in [0.1, 0.15) is 12.1 Å². The maximum absolute atomic E-state index is 13.4. The van der Waals surface area contributed by atoms with Crippen molar-refractivity contribution in [2.45, 2.75) is 38.7 Å². The lowest BCUT2D eigenvalue weighted by atomic mass is 9.97. The molecule has 1 aromatic heterocycles. The lowest BCUT2D eigenvalue weighted by Gasteiger charge is -2.18. The van der Waals surface area contributed by atoms with Crippen LogP contribution in [-0.2, 0) is 9.59 Å². The number of nitrogens with zero attached hydrogens (tertiary/aromatic N) is 3. The number of aliphatic hydroxyl groups is 1. The van der Waals surface area contributed by atoms with E-state index in [2.05, 4.69) is 22.8 Å². The minimum atomic E-state index is -1.01. The van der Waals surface area contributed by atoms with Crippen molar-refractivity contribution in [1.29, 1.82) is 0 Å². The molecule has 1 aromatic carbocycles. The van der Waals surface area contributed by atoms with Gasteiger partial charge in [-0.1, -0.05) is 26.7 Å². The van der Waals surface area contributed by atoms with E-state index in [9.17, 15) is 19.1 Å². The predicted molar refractivity (Wildman–Crippen MR) is 114 cm³/mol. The van der Waals surface area contributed by atoms with E-state index in [1.165, 1.54) is 22.5 Å². The van der Waals surface area contributed by atoms with Crippen molar-refractivity contribution < 1.29 is 19.1 Å². The normalized spacial score (nSPS) is 12.4. The SMILES string of the molecule is CC(C)c1nc(N(C)S)nc(-c2ccc(F)cc2)c1/C=C/C(=O)C[C@@H](O)CC=O. The summed E-state index contributed by atoms with van der Waals surface area (Å²) in [4.78, 5) is 31.7. The highest BCUT2D eigenvalue weighted by Crippen LogP contribution is 2.31. The molecule has 0 aliphatic carbocycles. The topological polar surface area (TPSA) is 83.4 Å². The quantitative estimate of drug-likeness (QED) is 0.368. The summed E-state index contributed by atoms with van der Waals surface area (Å²) in [5.41, 5.74) is 2.54. The molecule has 1 atom stereocenters. The van der Waals surface area contributed by atoms with Crippen molar-refractivity contribution in [2.75, 3.05) is 11.4 Å². The largest absolute Gasteiger partial charge is 0.392 e. The first-order chi connectivity index (χ1) is 13.7. The van der Waals surface area contributed by atoms with E-state index in [1.807, 2.05) is 13.8 Å². The van der Waals surface area contributed by atoms with Gasteiger partial charge in [-0.3, -0.25) is 9.10 Å². The average molecular weight is 418 g/mol. The van der Waals surface area contributed by atoms with E-state index in [0.29, 0.717) is 34.7 Å². The zero-order valence-corrected chi connectivity index (χ0v) is 17.4. The van der Waals surface area contributed by atoms with Gasteiger partial charge in [-0.15, -0.1) is 0 Å². The van der Waals surface area contributed by atoms with Crippen molar-refractivity contribution >= 4 is 36.9 Å². The lowest BCUT2D eigenvalue weighted by molar-refractivity contribution is -0.117. The molecule has 2 rings (SSSR count). The Balaban J connectivity index is 2.55. The molecule has 0 fully saturated rings. The van der Waals surface area contributed by atoms with Crippen LogP contribution in [0.1, 0.15) is 43.9 Å². The van der Waals surface area contributed by atoms with Crippen LogP contribution < -0.4 is 4.31 Å². The van der Waals surface area contributed by atoms with E-state index < -0.39 is 6.10 Å². The van der Waals surface area contributed by atoms with Crippen LogP contribution in [0.25, 0.3) is 17.3 Å². The first kappa shape index (κ1) is 22.7. The third-order valence-corrected chi connectivity index (χ3v) is 4.34. The summed E-state index contributed by atoms with van der Waals surface area (Å²) < 4.78 is 14.9. The Morgan fingerprint density at radius 3 is 2.48 bits per heavy atom. The number of aliphatic hydroxyl groups excluding tert-OH is 1. The molecule has 6 nitrogen and oxygen atoms in total. The van der Waals surface area contributed by atoms with Gasteiger partial charge >= 0.3 is 0 Å². The first-order valence-corrected chi connectivity index (χ1v) is 9.56. The molecule has 154 valence electrons. The number of carbonyl (C=O) groups is 2. The number of halogens is 1. The van der Waals surface area contributed by atoms with Gasteiger partial charge in [0.25, 0.3) is 0 Å². The van der Waals surface area contributed by atoms with Crippen molar-refractivity contribution in [3.63, 3.8) is 0 Å². The summed E-state index contributed by atoms with van der Waals surface area (Å²) in [6.07, 6.45) is 2.26. The number of carbonyl (C=O) groups excluding carboxylic acids is 2. The number of allylic oxidation sites excluding steroid dienone is 1. The number of hydrogen-bond acceptors (Lipinski definition) is 7. The standard InChI is InChI=1S/C21H24FN3O3S/c1-13(2)19-18(9-8-16(27)12-17(28)10-11-26)20(24-21(23-19)25(3)29)14-4-6-15(22)7-5-14/h4-9,11,13,17,28-29H,10,12H2,1-3H3/b9-8+/t17-/m0/s1. The van der Waals surface area contributed by atoms with Gasteiger partial charge in [-0.2, -0.15) is 0 Å². The molecule has 29 heavy (non-hydrogen) atoms. The average Bonchev–Trinajstić information content (AvgIpc) is 2.66. The van der Waals surface area contributed by atoms with Crippen LogP contribution in [0.15, 0.2) is 30.3 Å². The molecule has 0 radical (unpaired) electrons. The van der Waals surface area contributed by atoms with Crippen LogP contribution in [0.5, 0.6) is 0 Å². The molecule has 1 heterocycles. The lowest BCUT2D eigenvalue weighted by Crippen LogP contribution is -2.13. The molecule has 0 spiro atoms. The van der Waals surface area contributed by atoms with Crippen LogP contribution in [0.2, 0.25) is 0 Å². The highest BCUT2D eigenvalue weighted by molar-refractivity contribution is 7.81. The summed E-state index contributed by atoms with van der Waals surface area (Å²) in [7, 11) is 1.70. The van der Waals surface area contributed by atoms with Crippen molar-refractivity contribution in [1.82, 2.24) is 9.97 Å². The monoisotopic (exact) mass is 417 g/mol. The van der Waals surface area contributed by atoms with E-state index in [-0.39, 0.29) is 30.4 Å². The predicted octanol–water partition coefficient (Wildman–Crippen LogP) is 3.61. The summed E-state index contributed by atoms with van der Waals surface area (Å²) in [6.45, 7) is 3.93. The number of aldehydes is 1. The second-order valence-electron chi connectivity index (χ2n) is 6.92. The van der Waals surface area contributed by atoms with Crippen molar-refractivity contribution in [3.8, 4) is 11.3 Å². The van der Waals surface area contributed by atoms with Gasteiger partial charge in [0.15, 0.2) is 5.78 Å². The zero-order chi connectivity index (χ0) is 21.6. The number of anilines is 1. The Hall–Kier alpha value is -2.58. The third-order valence-electron chi connectivity index (χ3n) is 4.16. The summed E-state index contributed by atoms with van der Waals surface area (Å²) in [6, 6.07) is 5.89. The number of thiol groups is 1. The molecule has 0 saturated carbocycles. The van der Waals surface area contributed by atoms with Crippen LogP contribution in [0.3, 0.4) is 0 Å². The van der Waals surface area contributed by atoms with Crippen LogP contribution in [-0.4, -0.2) is 40.3 Å². The van der Waals surface area contributed by atoms with E-state index in [4.69, 9.17) is 0 Å². The number of hydrogen-bond donors (Lipinski definition) is 2. The number of rotatable bonds is 9. The van der Waals surface area contributed by atoms with Crippen LogP contribution in [0.4, 0.5) is 10.3 Å². The van der Waals surface area contributed by atoms with E-state index in [1.54, 1.807) is 25.3 Å². The molecule has 8 heteroatoms. The van der Waals surface area contributed by atoms with E-state index in [0.717, 1.165) is 0 Å². The smallest absolute Gasteiger partial charge is 0.235 e. The fraction of sp³-hybridized carbons (Fsp3) is 0.333. The maximum Gasteiger partial charge on any atom is 0.235 e. The van der Waals surface area contributed by atoms with Gasteiger partial charge in [0.2, 0.25) is 5.95 Å². The molecular weight excluding hydrogens is 393 g/mol. The maximum atomic E-state index is 13.4. The molecule has 0 saturated heterocycles.